The highest BCUT2D eigenvalue weighted by atomic mass is 19.1. The van der Waals surface area contributed by atoms with Gasteiger partial charge in [-0.1, -0.05) is 0 Å². The average Bonchev–Trinajstić information content (AvgIpc) is 2.54. The van der Waals surface area contributed by atoms with Gasteiger partial charge in [0.2, 0.25) is 0 Å². The van der Waals surface area contributed by atoms with E-state index in [0.29, 0.717) is 22.6 Å². The van der Waals surface area contributed by atoms with Gasteiger partial charge in [-0.15, -0.1) is 0 Å². The molecule has 1 atom stereocenters. The van der Waals surface area contributed by atoms with E-state index < -0.39 is 10.7 Å². The van der Waals surface area contributed by atoms with Gasteiger partial charge in [0.15, 0.2) is 0 Å². The topological polar surface area (TPSA) is 72.7 Å². The summed E-state index contributed by atoms with van der Waals surface area (Å²) in [6, 6.07) is 7.93. The monoisotopic (exact) mass is 330 g/mol. The molecule has 1 aliphatic heterocycles. The third kappa shape index (κ3) is 2.68. The highest BCUT2D eigenvalue weighted by Crippen LogP contribution is 2.39. The summed E-state index contributed by atoms with van der Waals surface area (Å²) in [5.41, 5.74) is 1.20. The Balaban J connectivity index is 2.06. The standard InChI is InChI=1S/C17H15FN2O4/c1-10-7-15-16(8-14(10)20(22)23)24-9-11(2)19(15)17(21)12-3-5-13(18)6-4-12/h3-8,11H,9H2,1-2H3. The maximum absolute atomic E-state index is 13.1. The van der Waals surface area contributed by atoms with Gasteiger partial charge in [0, 0.05) is 11.1 Å². The van der Waals surface area contributed by atoms with Crippen LogP contribution in [0.4, 0.5) is 15.8 Å². The molecule has 2 aromatic carbocycles. The number of fused-ring (bicyclic) bond motifs is 1. The van der Waals surface area contributed by atoms with Crippen molar-refractivity contribution in [3.8, 4) is 5.75 Å². The lowest BCUT2D eigenvalue weighted by atomic mass is 10.1. The summed E-state index contributed by atoms with van der Waals surface area (Å²) in [5, 5.41) is 11.1. The number of hydrogen-bond acceptors (Lipinski definition) is 4. The Morgan fingerprint density at radius 3 is 2.62 bits per heavy atom. The van der Waals surface area contributed by atoms with E-state index in [1.165, 1.54) is 35.2 Å². The van der Waals surface area contributed by atoms with Crippen molar-refractivity contribution >= 4 is 17.3 Å². The van der Waals surface area contributed by atoms with Crippen LogP contribution in [0.25, 0.3) is 0 Å². The number of carbonyl (C=O) groups is 1. The maximum Gasteiger partial charge on any atom is 0.276 e. The second kappa shape index (κ2) is 5.92. The molecule has 1 heterocycles. The Labute approximate surface area is 137 Å². The molecule has 24 heavy (non-hydrogen) atoms. The van der Waals surface area contributed by atoms with E-state index in [9.17, 15) is 19.3 Å². The molecule has 6 nitrogen and oxygen atoms in total. The van der Waals surface area contributed by atoms with Gasteiger partial charge in [0.25, 0.3) is 11.6 Å². The molecular weight excluding hydrogens is 315 g/mol. The first kappa shape index (κ1) is 15.9. The van der Waals surface area contributed by atoms with E-state index in [1.807, 2.05) is 6.92 Å². The fourth-order valence-corrected chi connectivity index (χ4v) is 2.73. The highest BCUT2D eigenvalue weighted by molar-refractivity contribution is 6.07. The largest absolute Gasteiger partial charge is 0.489 e. The Kier molecular flexibility index (Phi) is 3.92. The Bertz CT molecular complexity index is 820. The fraction of sp³-hybridized carbons (Fsp3) is 0.235. The highest BCUT2D eigenvalue weighted by Gasteiger charge is 2.32. The molecule has 0 aromatic heterocycles. The number of hydrogen-bond donors (Lipinski definition) is 0. The molecule has 0 aliphatic carbocycles. The third-order valence-electron chi connectivity index (χ3n) is 3.96. The number of amides is 1. The summed E-state index contributed by atoms with van der Waals surface area (Å²) in [6.45, 7) is 3.65. The van der Waals surface area contributed by atoms with Gasteiger partial charge in [0.1, 0.15) is 18.2 Å². The average molecular weight is 330 g/mol. The number of anilines is 1. The molecule has 1 unspecified atom stereocenters. The fourth-order valence-electron chi connectivity index (χ4n) is 2.73. The predicted molar refractivity (Wildman–Crippen MR) is 86.0 cm³/mol. The zero-order chi connectivity index (χ0) is 17.4. The van der Waals surface area contributed by atoms with Crippen LogP contribution in [-0.4, -0.2) is 23.5 Å². The zero-order valence-corrected chi connectivity index (χ0v) is 13.2. The van der Waals surface area contributed by atoms with Gasteiger partial charge in [-0.05, 0) is 44.2 Å². The Morgan fingerprint density at radius 1 is 1.33 bits per heavy atom. The molecule has 0 radical (unpaired) electrons. The quantitative estimate of drug-likeness (QED) is 0.624. The lowest BCUT2D eigenvalue weighted by molar-refractivity contribution is -0.385. The number of carbonyl (C=O) groups excluding carboxylic acids is 1. The molecule has 7 heteroatoms. The van der Waals surface area contributed by atoms with E-state index in [0.717, 1.165) is 0 Å². The third-order valence-corrected chi connectivity index (χ3v) is 3.96. The van der Waals surface area contributed by atoms with Crippen LogP contribution in [0.5, 0.6) is 5.75 Å². The Hall–Kier alpha value is -2.96. The van der Waals surface area contributed by atoms with Crippen molar-refractivity contribution in [1.29, 1.82) is 0 Å². The van der Waals surface area contributed by atoms with Gasteiger partial charge in [0.05, 0.1) is 22.7 Å². The van der Waals surface area contributed by atoms with Crippen molar-refractivity contribution in [2.75, 3.05) is 11.5 Å². The van der Waals surface area contributed by atoms with Crippen molar-refractivity contribution in [1.82, 2.24) is 0 Å². The van der Waals surface area contributed by atoms with Crippen LogP contribution in [0.1, 0.15) is 22.8 Å². The molecule has 0 saturated heterocycles. The van der Waals surface area contributed by atoms with Gasteiger partial charge in [-0.25, -0.2) is 4.39 Å². The molecule has 0 N–H and O–H groups in total. The molecule has 124 valence electrons. The minimum Gasteiger partial charge on any atom is -0.489 e. The van der Waals surface area contributed by atoms with E-state index in [4.69, 9.17) is 4.74 Å². The second-order valence-electron chi connectivity index (χ2n) is 5.71. The van der Waals surface area contributed by atoms with Crippen LogP contribution >= 0.6 is 0 Å². The number of ether oxygens (including phenoxy) is 1. The summed E-state index contributed by atoms with van der Waals surface area (Å²) in [5.74, 6) is -0.436. The first-order valence-corrected chi connectivity index (χ1v) is 7.39. The SMILES string of the molecule is Cc1cc2c(cc1[N+](=O)[O-])OCC(C)N2C(=O)c1ccc(F)cc1. The maximum atomic E-state index is 13.1. The summed E-state index contributed by atoms with van der Waals surface area (Å²) < 4.78 is 18.6. The molecular formula is C17H15FN2O4. The summed E-state index contributed by atoms with van der Waals surface area (Å²) >= 11 is 0. The lowest BCUT2D eigenvalue weighted by Crippen LogP contribution is -2.45. The molecule has 2 aromatic rings. The number of benzene rings is 2. The minimum atomic E-state index is -0.483. The van der Waals surface area contributed by atoms with Gasteiger partial charge in [-0.3, -0.25) is 19.8 Å². The first-order valence-electron chi connectivity index (χ1n) is 7.39. The molecule has 1 amide bonds. The number of nitro benzene ring substituents is 1. The van der Waals surface area contributed by atoms with E-state index in [-0.39, 0.29) is 24.2 Å². The number of halogens is 1. The van der Waals surface area contributed by atoms with Gasteiger partial charge in [-0.2, -0.15) is 0 Å². The summed E-state index contributed by atoms with van der Waals surface area (Å²) in [7, 11) is 0. The zero-order valence-electron chi connectivity index (χ0n) is 13.2. The van der Waals surface area contributed by atoms with Gasteiger partial charge < -0.3 is 4.74 Å². The normalized spacial score (nSPS) is 16.3. The molecule has 0 spiro atoms. The molecule has 0 bridgehead atoms. The number of rotatable bonds is 2. The van der Waals surface area contributed by atoms with Crippen LogP contribution in [0.15, 0.2) is 36.4 Å². The van der Waals surface area contributed by atoms with E-state index in [1.54, 1.807) is 13.0 Å². The van der Waals surface area contributed by atoms with Crippen LogP contribution in [0.3, 0.4) is 0 Å². The second-order valence-corrected chi connectivity index (χ2v) is 5.71. The van der Waals surface area contributed by atoms with E-state index >= 15 is 0 Å². The van der Waals surface area contributed by atoms with Crippen molar-refractivity contribution < 1.29 is 18.8 Å². The van der Waals surface area contributed by atoms with Crippen molar-refractivity contribution in [2.45, 2.75) is 19.9 Å². The smallest absolute Gasteiger partial charge is 0.276 e. The predicted octanol–water partition coefficient (Wildman–Crippen LogP) is 3.47. The molecule has 0 fully saturated rings. The molecule has 0 saturated carbocycles. The van der Waals surface area contributed by atoms with Crippen LogP contribution < -0.4 is 9.64 Å². The molecule has 3 rings (SSSR count). The first-order chi connectivity index (χ1) is 11.4. The number of nitro groups is 1. The van der Waals surface area contributed by atoms with E-state index in [2.05, 4.69) is 0 Å². The van der Waals surface area contributed by atoms with Crippen LogP contribution in [0, 0.1) is 22.9 Å². The van der Waals surface area contributed by atoms with Gasteiger partial charge >= 0.3 is 0 Å². The Morgan fingerprint density at radius 2 is 2.00 bits per heavy atom. The summed E-state index contributed by atoms with van der Waals surface area (Å²) in [6.07, 6.45) is 0. The van der Waals surface area contributed by atoms with Crippen molar-refractivity contribution in [3.63, 3.8) is 0 Å². The van der Waals surface area contributed by atoms with Crippen molar-refractivity contribution in [2.24, 2.45) is 0 Å². The number of aryl methyl sites for hydroxylation is 1. The minimum absolute atomic E-state index is 0.0579. The van der Waals surface area contributed by atoms with Crippen LogP contribution in [-0.2, 0) is 0 Å². The van der Waals surface area contributed by atoms with Crippen LogP contribution in [0.2, 0.25) is 0 Å². The van der Waals surface area contributed by atoms with Crippen molar-refractivity contribution in [3.05, 3.63) is 63.5 Å². The molecule has 1 aliphatic rings. The number of nitrogens with zero attached hydrogens (tertiary/aromatic N) is 2. The summed E-state index contributed by atoms with van der Waals surface area (Å²) in [4.78, 5) is 25.0. The lowest BCUT2D eigenvalue weighted by Gasteiger charge is -2.35.